The van der Waals surface area contributed by atoms with Gasteiger partial charge in [-0.2, -0.15) is 9.36 Å². The summed E-state index contributed by atoms with van der Waals surface area (Å²) in [7, 11) is 3.53. The fraction of sp³-hybridized carbons (Fsp3) is 0.167. The van der Waals surface area contributed by atoms with Gasteiger partial charge in [0, 0.05) is 11.6 Å². The number of aryl methyl sites for hydroxylation is 1. The Hall–Kier alpha value is -2.18. The first kappa shape index (κ1) is 16.7. The van der Waals surface area contributed by atoms with Crippen LogP contribution in [0.4, 0.5) is 0 Å². The minimum Gasteiger partial charge on any atom is -0.229 e. The lowest BCUT2D eigenvalue weighted by Gasteiger charge is -1.99. The molecule has 0 radical (unpaired) electrons. The van der Waals surface area contributed by atoms with E-state index in [9.17, 15) is 4.79 Å². The average molecular weight is 356 g/mol. The minimum atomic E-state index is -0.0467. The van der Waals surface area contributed by atoms with E-state index >= 15 is 0 Å². The van der Waals surface area contributed by atoms with Crippen molar-refractivity contribution in [2.75, 3.05) is 6.26 Å². The Morgan fingerprint density at radius 1 is 1.21 bits per heavy atom. The lowest BCUT2D eigenvalue weighted by Crippen LogP contribution is -2.50. The third kappa shape index (κ3) is 3.34. The van der Waals surface area contributed by atoms with E-state index in [-0.39, 0.29) is 5.69 Å². The van der Waals surface area contributed by atoms with Gasteiger partial charge in [-0.15, -0.1) is 11.3 Å². The number of benzene rings is 1. The van der Waals surface area contributed by atoms with Gasteiger partial charge in [0.05, 0.1) is 30.9 Å². The van der Waals surface area contributed by atoms with Crippen LogP contribution in [-0.2, 0) is 14.1 Å². The molecule has 0 amide bonds. The molecule has 2 heterocycles. The molecule has 0 unspecified atom stereocenters. The first-order valence-electron chi connectivity index (χ1n) is 7.44. The Balaban J connectivity index is 2.03. The van der Waals surface area contributed by atoms with Gasteiger partial charge in [-0.3, -0.25) is 0 Å². The van der Waals surface area contributed by atoms with Crippen LogP contribution in [0.3, 0.4) is 0 Å². The van der Waals surface area contributed by atoms with E-state index in [0.29, 0.717) is 0 Å². The topological polar surface area (TPSA) is 38.8 Å². The van der Waals surface area contributed by atoms with E-state index in [1.807, 2.05) is 42.7 Å². The van der Waals surface area contributed by atoms with E-state index in [0.717, 1.165) is 26.2 Å². The highest BCUT2D eigenvalue weighted by Crippen LogP contribution is 2.33. The molecule has 0 N–H and O–H groups in total. The summed E-state index contributed by atoms with van der Waals surface area (Å²) in [6, 6.07) is 12.1. The van der Waals surface area contributed by atoms with Crippen molar-refractivity contribution >= 4 is 35.3 Å². The van der Waals surface area contributed by atoms with Crippen molar-refractivity contribution in [1.82, 2.24) is 9.55 Å². The van der Waals surface area contributed by atoms with E-state index in [1.165, 1.54) is 0 Å². The maximum atomic E-state index is 12.0. The van der Waals surface area contributed by atoms with Gasteiger partial charge in [-0.1, -0.05) is 42.1 Å². The summed E-state index contributed by atoms with van der Waals surface area (Å²) in [6.07, 6.45) is 7.81. The second-order valence-electron chi connectivity index (χ2n) is 5.29. The summed E-state index contributed by atoms with van der Waals surface area (Å²) in [6.45, 7) is 0. The van der Waals surface area contributed by atoms with Crippen LogP contribution in [0.15, 0.2) is 51.7 Å². The van der Waals surface area contributed by atoms with Crippen molar-refractivity contribution in [2.45, 2.75) is 4.34 Å². The predicted molar refractivity (Wildman–Crippen MR) is 101 cm³/mol. The fourth-order valence-corrected chi connectivity index (χ4v) is 3.86. The van der Waals surface area contributed by atoms with Crippen molar-refractivity contribution in [3.63, 3.8) is 0 Å². The normalized spacial score (nSPS) is 11.3. The number of rotatable bonds is 4. The van der Waals surface area contributed by atoms with Crippen LogP contribution in [-0.4, -0.2) is 15.8 Å². The summed E-state index contributed by atoms with van der Waals surface area (Å²) in [5, 5.41) is 0. The Bertz CT molecular complexity index is 943. The number of hydrogen-bond donors (Lipinski definition) is 0. The molecule has 0 bridgehead atoms. The van der Waals surface area contributed by atoms with Gasteiger partial charge in [0.15, 0.2) is 4.34 Å². The minimum absolute atomic E-state index is 0.0467. The van der Waals surface area contributed by atoms with Crippen molar-refractivity contribution < 1.29 is 4.57 Å². The first-order chi connectivity index (χ1) is 11.6. The molecule has 0 atom stereocenters. The zero-order valence-electron chi connectivity index (χ0n) is 13.8. The first-order valence-corrected chi connectivity index (χ1v) is 9.48. The van der Waals surface area contributed by atoms with Crippen molar-refractivity contribution in [1.29, 1.82) is 0 Å². The van der Waals surface area contributed by atoms with Crippen LogP contribution in [0.5, 0.6) is 0 Å². The number of aromatic nitrogens is 3. The third-order valence-corrected chi connectivity index (χ3v) is 5.71. The van der Waals surface area contributed by atoms with Crippen molar-refractivity contribution in [3.8, 4) is 11.3 Å². The van der Waals surface area contributed by atoms with Crippen LogP contribution in [0, 0.1) is 0 Å². The van der Waals surface area contributed by atoms with Gasteiger partial charge in [0.2, 0.25) is 0 Å². The number of hydrogen-bond acceptors (Lipinski definition) is 4. The Morgan fingerprint density at radius 3 is 2.67 bits per heavy atom. The van der Waals surface area contributed by atoms with E-state index in [4.69, 9.17) is 4.98 Å². The molecule has 0 saturated heterocycles. The number of nitrogens with zero attached hydrogens (tertiary/aromatic N) is 3. The summed E-state index contributed by atoms with van der Waals surface area (Å²) >= 11 is 3.30. The highest BCUT2D eigenvalue weighted by Gasteiger charge is 2.12. The molecule has 4 nitrogen and oxygen atoms in total. The standard InChI is InChI=1S/C18H18N3OS2/c1-20-12-11-14(21(2)18(20)22)9-10-15-16(19-17(23-3)24-15)13-7-5-4-6-8-13/h4-12H,1-3H3/q+1. The molecule has 0 aliphatic carbocycles. The van der Waals surface area contributed by atoms with Gasteiger partial charge in [0.1, 0.15) is 5.69 Å². The lowest BCUT2D eigenvalue weighted by atomic mass is 10.1. The predicted octanol–water partition coefficient (Wildman–Crippen LogP) is 3.23. The monoisotopic (exact) mass is 356 g/mol. The maximum Gasteiger partial charge on any atom is 0.497 e. The summed E-state index contributed by atoms with van der Waals surface area (Å²) in [4.78, 5) is 17.8. The molecule has 0 aliphatic rings. The molecule has 0 spiro atoms. The SMILES string of the molecule is CSc1nc(-c2ccccc2)c(/C=C/c2cc[n+](C)c(=O)n2C)s1. The number of thiazole rings is 1. The average Bonchev–Trinajstić information content (AvgIpc) is 3.03. The fourth-order valence-electron chi connectivity index (χ4n) is 2.35. The molecule has 24 heavy (non-hydrogen) atoms. The van der Waals surface area contributed by atoms with Gasteiger partial charge < -0.3 is 0 Å². The Kier molecular flexibility index (Phi) is 4.97. The largest absolute Gasteiger partial charge is 0.497 e. The molecule has 1 aromatic carbocycles. The molecule has 3 rings (SSSR count). The highest BCUT2D eigenvalue weighted by molar-refractivity contribution is 8.00. The van der Waals surface area contributed by atoms with Gasteiger partial charge in [0.25, 0.3) is 0 Å². The van der Waals surface area contributed by atoms with Crippen molar-refractivity contribution in [3.05, 3.63) is 63.7 Å². The molecule has 2 aromatic heterocycles. The Morgan fingerprint density at radius 2 is 1.96 bits per heavy atom. The van der Waals surface area contributed by atoms with Crippen LogP contribution in [0.1, 0.15) is 10.6 Å². The summed E-state index contributed by atoms with van der Waals surface area (Å²) in [5.41, 5.74) is 2.89. The highest BCUT2D eigenvalue weighted by atomic mass is 32.2. The van der Waals surface area contributed by atoms with Crippen LogP contribution >= 0.6 is 23.1 Å². The summed E-state index contributed by atoms with van der Waals surface area (Å²) in [5.74, 6) is 0. The molecular formula is C18H18N3OS2+. The maximum absolute atomic E-state index is 12.0. The quantitative estimate of drug-likeness (QED) is 0.532. The third-order valence-electron chi connectivity index (χ3n) is 3.71. The van der Waals surface area contributed by atoms with Crippen molar-refractivity contribution in [2.24, 2.45) is 14.1 Å². The lowest BCUT2D eigenvalue weighted by molar-refractivity contribution is -0.690. The van der Waals surface area contributed by atoms with E-state index in [2.05, 4.69) is 12.1 Å². The molecule has 0 saturated carbocycles. The zero-order valence-corrected chi connectivity index (χ0v) is 15.4. The molecule has 0 fully saturated rings. The second-order valence-corrected chi connectivity index (χ2v) is 7.37. The summed E-state index contributed by atoms with van der Waals surface area (Å²) < 4.78 is 4.22. The van der Waals surface area contributed by atoms with E-state index < -0.39 is 0 Å². The van der Waals surface area contributed by atoms with Gasteiger partial charge >= 0.3 is 5.69 Å². The molecule has 0 aliphatic heterocycles. The molecule has 3 aromatic rings. The second kappa shape index (κ2) is 7.15. The zero-order chi connectivity index (χ0) is 17.1. The van der Waals surface area contributed by atoms with E-state index in [1.54, 1.807) is 52.5 Å². The van der Waals surface area contributed by atoms with Crippen LogP contribution < -0.4 is 10.3 Å². The molecule has 6 heteroatoms. The van der Waals surface area contributed by atoms with Gasteiger partial charge in [-0.05, 0) is 18.4 Å². The van der Waals surface area contributed by atoms with Crippen LogP contribution in [0.25, 0.3) is 23.4 Å². The molecule has 122 valence electrons. The Labute approximate surface area is 149 Å². The van der Waals surface area contributed by atoms with Gasteiger partial charge in [-0.25, -0.2) is 9.55 Å². The molecular weight excluding hydrogens is 338 g/mol. The smallest absolute Gasteiger partial charge is 0.229 e. The van der Waals surface area contributed by atoms with Crippen LogP contribution in [0.2, 0.25) is 0 Å². The number of thioether (sulfide) groups is 1.